The van der Waals surface area contributed by atoms with E-state index in [2.05, 4.69) is 34.6 Å². The maximum atomic E-state index is 12.8. The SMILES string of the molecule is CCCCCCCCCCCCCCCCCC(=O)OC[C@@H](COC(=O)CCCCCCCCC(C)C)OC(=O)CCCCCCCCCCCCCCCC(C)C. The van der Waals surface area contributed by atoms with E-state index >= 15 is 0 Å². The molecule has 344 valence electrons. The van der Waals surface area contributed by atoms with Crippen molar-refractivity contribution in [2.45, 2.75) is 291 Å². The molecule has 6 nitrogen and oxygen atoms in total. The van der Waals surface area contributed by atoms with Gasteiger partial charge >= 0.3 is 17.9 Å². The normalized spacial score (nSPS) is 12.1. The van der Waals surface area contributed by atoms with E-state index in [1.165, 1.54) is 173 Å². The van der Waals surface area contributed by atoms with Crippen LogP contribution in [0.4, 0.5) is 0 Å². The molecule has 0 saturated carbocycles. The lowest BCUT2D eigenvalue weighted by molar-refractivity contribution is -0.167. The Morgan fingerprint density at radius 1 is 0.328 bits per heavy atom. The molecule has 0 radical (unpaired) electrons. The number of esters is 3. The molecule has 0 spiro atoms. The molecule has 0 heterocycles. The lowest BCUT2D eigenvalue weighted by Gasteiger charge is -2.18. The molecule has 1 atom stereocenters. The van der Waals surface area contributed by atoms with Crippen molar-refractivity contribution in [3.05, 3.63) is 0 Å². The summed E-state index contributed by atoms with van der Waals surface area (Å²) in [6.07, 6.45) is 45.3. The first-order chi connectivity index (χ1) is 28.2. The minimum atomic E-state index is -0.762. The Labute approximate surface area is 361 Å². The molecular weight excluding hydrogens is 721 g/mol. The van der Waals surface area contributed by atoms with Gasteiger partial charge in [-0.05, 0) is 31.1 Å². The Hall–Kier alpha value is -1.59. The zero-order valence-electron chi connectivity index (χ0n) is 39.7. The standard InChI is InChI=1S/C52H100O6/c1-6-7-8-9-10-11-12-13-14-17-20-23-26-32-37-42-50(53)56-45-49(46-57-51(54)43-38-33-29-28-31-36-41-48(4)5)58-52(55)44-39-34-27-24-21-18-15-16-19-22-25-30-35-40-47(2)3/h47-49H,6-46H2,1-5H3/t49-/m0/s1. The average Bonchev–Trinajstić information content (AvgIpc) is 3.19. The number of carbonyl (C=O) groups excluding carboxylic acids is 3. The minimum absolute atomic E-state index is 0.0644. The number of rotatable bonds is 46. The highest BCUT2D eigenvalue weighted by molar-refractivity contribution is 5.71. The van der Waals surface area contributed by atoms with Gasteiger partial charge in [-0.2, -0.15) is 0 Å². The molecule has 0 aliphatic carbocycles. The fourth-order valence-electron chi connectivity index (χ4n) is 7.81. The molecule has 0 rings (SSSR count). The van der Waals surface area contributed by atoms with Crippen LogP contribution in [0.15, 0.2) is 0 Å². The summed E-state index contributed by atoms with van der Waals surface area (Å²) < 4.78 is 16.8. The molecule has 58 heavy (non-hydrogen) atoms. The number of hydrogen-bond donors (Lipinski definition) is 0. The van der Waals surface area contributed by atoms with Crippen LogP contribution in [-0.4, -0.2) is 37.2 Å². The zero-order chi connectivity index (χ0) is 42.6. The molecule has 6 heteroatoms. The number of ether oxygens (including phenoxy) is 3. The van der Waals surface area contributed by atoms with Gasteiger partial charge in [0.05, 0.1) is 0 Å². The molecule has 0 saturated heterocycles. The number of unbranched alkanes of at least 4 members (excludes halogenated alkanes) is 31. The third kappa shape index (κ3) is 45.5. The largest absolute Gasteiger partial charge is 0.462 e. The highest BCUT2D eigenvalue weighted by Gasteiger charge is 2.19. The highest BCUT2D eigenvalue weighted by Crippen LogP contribution is 2.17. The quantitative estimate of drug-likeness (QED) is 0.0346. The summed E-state index contributed by atoms with van der Waals surface area (Å²) >= 11 is 0. The van der Waals surface area contributed by atoms with Gasteiger partial charge in [0.25, 0.3) is 0 Å². The molecule has 0 amide bonds. The van der Waals surface area contributed by atoms with Crippen molar-refractivity contribution in [2.75, 3.05) is 13.2 Å². The van der Waals surface area contributed by atoms with Crippen LogP contribution < -0.4 is 0 Å². The van der Waals surface area contributed by atoms with E-state index in [1.807, 2.05) is 0 Å². The van der Waals surface area contributed by atoms with Crippen LogP contribution in [0, 0.1) is 11.8 Å². The van der Waals surface area contributed by atoms with Crippen molar-refractivity contribution >= 4 is 17.9 Å². The Balaban J connectivity index is 4.27. The number of hydrogen-bond acceptors (Lipinski definition) is 6. The Kier molecular flexibility index (Phi) is 43.7. The van der Waals surface area contributed by atoms with E-state index in [-0.39, 0.29) is 31.1 Å². The van der Waals surface area contributed by atoms with Crippen LogP contribution in [0.25, 0.3) is 0 Å². The maximum Gasteiger partial charge on any atom is 0.306 e. The molecule has 0 aliphatic rings. The molecule has 0 aromatic rings. The van der Waals surface area contributed by atoms with Crippen LogP contribution in [-0.2, 0) is 28.6 Å². The summed E-state index contributed by atoms with van der Waals surface area (Å²) in [6.45, 7) is 11.3. The molecule has 0 aromatic carbocycles. The van der Waals surface area contributed by atoms with Gasteiger partial charge in [-0.1, -0.05) is 247 Å². The van der Waals surface area contributed by atoms with E-state index in [1.54, 1.807) is 0 Å². The summed E-state index contributed by atoms with van der Waals surface area (Å²) in [5.74, 6) is 0.749. The van der Waals surface area contributed by atoms with Gasteiger partial charge < -0.3 is 14.2 Å². The second-order valence-corrected chi connectivity index (χ2v) is 18.8. The van der Waals surface area contributed by atoms with Crippen LogP contribution >= 0.6 is 0 Å². The molecule has 0 aromatic heterocycles. The summed E-state index contributed by atoms with van der Waals surface area (Å²) in [6, 6.07) is 0. The molecule has 0 unspecified atom stereocenters. The predicted molar refractivity (Wildman–Crippen MR) is 247 cm³/mol. The van der Waals surface area contributed by atoms with Crippen LogP contribution in [0.3, 0.4) is 0 Å². The summed E-state index contributed by atoms with van der Waals surface area (Å²) in [5.41, 5.74) is 0. The van der Waals surface area contributed by atoms with E-state index in [0.717, 1.165) is 69.6 Å². The lowest BCUT2D eigenvalue weighted by Crippen LogP contribution is -2.30. The van der Waals surface area contributed by atoms with E-state index in [4.69, 9.17) is 14.2 Å². The van der Waals surface area contributed by atoms with Crippen LogP contribution in [0.1, 0.15) is 285 Å². The van der Waals surface area contributed by atoms with Crippen LogP contribution in [0.2, 0.25) is 0 Å². The Morgan fingerprint density at radius 2 is 0.569 bits per heavy atom. The van der Waals surface area contributed by atoms with Crippen molar-refractivity contribution in [1.29, 1.82) is 0 Å². The van der Waals surface area contributed by atoms with E-state index in [0.29, 0.717) is 19.3 Å². The first-order valence-corrected chi connectivity index (χ1v) is 25.7. The molecular formula is C52H100O6. The third-order valence-electron chi connectivity index (χ3n) is 11.7. The van der Waals surface area contributed by atoms with Crippen molar-refractivity contribution in [1.82, 2.24) is 0 Å². The van der Waals surface area contributed by atoms with Gasteiger partial charge in [-0.3, -0.25) is 14.4 Å². The fourth-order valence-corrected chi connectivity index (χ4v) is 7.81. The van der Waals surface area contributed by atoms with Crippen molar-refractivity contribution in [3.8, 4) is 0 Å². The molecule has 0 aliphatic heterocycles. The smallest absolute Gasteiger partial charge is 0.306 e. The minimum Gasteiger partial charge on any atom is -0.462 e. The predicted octanol–water partition coefficient (Wildman–Crippen LogP) is 16.5. The summed E-state index contributed by atoms with van der Waals surface area (Å²) in [5, 5.41) is 0. The van der Waals surface area contributed by atoms with Gasteiger partial charge in [0.2, 0.25) is 0 Å². The number of carbonyl (C=O) groups is 3. The van der Waals surface area contributed by atoms with Crippen molar-refractivity contribution in [3.63, 3.8) is 0 Å². The lowest BCUT2D eigenvalue weighted by atomic mass is 10.0. The van der Waals surface area contributed by atoms with Crippen LogP contribution in [0.5, 0.6) is 0 Å². The van der Waals surface area contributed by atoms with Gasteiger partial charge in [0.1, 0.15) is 13.2 Å². The summed E-state index contributed by atoms with van der Waals surface area (Å²) in [4.78, 5) is 37.9. The second-order valence-electron chi connectivity index (χ2n) is 18.8. The summed E-state index contributed by atoms with van der Waals surface area (Å²) in [7, 11) is 0. The average molecular weight is 821 g/mol. The van der Waals surface area contributed by atoms with Crippen molar-refractivity contribution in [2.24, 2.45) is 11.8 Å². The Bertz CT molecular complexity index is 885. The van der Waals surface area contributed by atoms with Crippen molar-refractivity contribution < 1.29 is 28.6 Å². The van der Waals surface area contributed by atoms with E-state index < -0.39 is 6.10 Å². The van der Waals surface area contributed by atoms with Gasteiger partial charge in [0, 0.05) is 19.3 Å². The second kappa shape index (κ2) is 44.9. The Morgan fingerprint density at radius 3 is 0.845 bits per heavy atom. The van der Waals surface area contributed by atoms with Gasteiger partial charge in [-0.15, -0.1) is 0 Å². The fraction of sp³-hybridized carbons (Fsp3) is 0.942. The van der Waals surface area contributed by atoms with E-state index in [9.17, 15) is 14.4 Å². The first-order valence-electron chi connectivity index (χ1n) is 25.7. The van der Waals surface area contributed by atoms with Gasteiger partial charge in [-0.25, -0.2) is 0 Å². The molecule has 0 fully saturated rings. The zero-order valence-corrected chi connectivity index (χ0v) is 39.7. The topological polar surface area (TPSA) is 78.9 Å². The third-order valence-corrected chi connectivity index (χ3v) is 11.7. The highest BCUT2D eigenvalue weighted by atomic mass is 16.6. The molecule has 0 bridgehead atoms. The molecule has 0 N–H and O–H groups in total. The first kappa shape index (κ1) is 56.4. The van der Waals surface area contributed by atoms with Gasteiger partial charge in [0.15, 0.2) is 6.10 Å². The monoisotopic (exact) mass is 821 g/mol. The maximum absolute atomic E-state index is 12.8.